The van der Waals surface area contributed by atoms with E-state index in [9.17, 15) is 4.79 Å². The number of hydrogen-bond acceptors (Lipinski definition) is 3. The molecule has 0 unspecified atom stereocenters. The second-order valence-corrected chi connectivity index (χ2v) is 4.68. The van der Waals surface area contributed by atoms with Gasteiger partial charge in [-0.05, 0) is 24.6 Å². The standard InChI is InChI=1S/C14H20N2O2.ClH/c1-11-9-15-7-8-16(11)14(17)13-5-3-12(4-6-13)10-18-2;/h3-6,11,15H,7-10H2,1-2H3;1H/t11-;/m1./s1. The number of methoxy groups -OCH3 is 1. The molecule has 0 bridgehead atoms. The summed E-state index contributed by atoms with van der Waals surface area (Å²) in [6.45, 7) is 5.17. The zero-order chi connectivity index (χ0) is 13.0. The van der Waals surface area contributed by atoms with Crippen LogP contribution in [0.2, 0.25) is 0 Å². The van der Waals surface area contributed by atoms with E-state index in [1.165, 1.54) is 0 Å². The first kappa shape index (κ1) is 16.0. The third-order valence-electron chi connectivity index (χ3n) is 3.27. The summed E-state index contributed by atoms with van der Waals surface area (Å²) in [5.41, 5.74) is 1.84. The quantitative estimate of drug-likeness (QED) is 0.918. The second kappa shape index (κ2) is 7.48. The van der Waals surface area contributed by atoms with Gasteiger partial charge >= 0.3 is 0 Å². The maximum absolute atomic E-state index is 12.3. The van der Waals surface area contributed by atoms with Crippen molar-refractivity contribution in [1.82, 2.24) is 10.2 Å². The van der Waals surface area contributed by atoms with Crippen LogP contribution in [0.3, 0.4) is 0 Å². The van der Waals surface area contributed by atoms with Gasteiger partial charge in [0, 0.05) is 38.3 Å². The van der Waals surface area contributed by atoms with Crippen molar-refractivity contribution < 1.29 is 9.53 Å². The van der Waals surface area contributed by atoms with E-state index in [1.807, 2.05) is 29.2 Å². The smallest absolute Gasteiger partial charge is 0.254 e. The van der Waals surface area contributed by atoms with E-state index in [2.05, 4.69) is 12.2 Å². The number of nitrogens with one attached hydrogen (secondary N) is 1. The van der Waals surface area contributed by atoms with Gasteiger partial charge in [0.25, 0.3) is 5.91 Å². The predicted molar refractivity (Wildman–Crippen MR) is 77.8 cm³/mol. The Morgan fingerprint density at radius 2 is 2.11 bits per heavy atom. The Balaban J connectivity index is 0.00000180. The summed E-state index contributed by atoms with van der Waals surface area (Å²) in [4.78, 5) is 14.3. The van der Waals surface area contributed by atoms with E-state index in [-0.39, 0.29) is 24.4 Å². The highest BCUT2D eigenvalue weighted by atomic mass is 35.5. The molecular weight excluding hydrogens is 264 g/mol. The molecule has 1 heterocycles. The van der Waals surface area contributed by atoms with Gasteiger partial charge < -0.3 is 15.0 Å². The molecule has 1 aromatic carbocycles. The van der Waals surface area contributed by atoms with Crippen LogP contribution in [0.5, 0.6) is 0 Å². The molecule has 1 amide bonds. The van der Waals surface area contributed by atoms with E-state index < -0.39 is 0 Å². The Morgan fingerprint density at radius 1 is 1.42 bits per heavy atom. The number of nitrogens with zero attached hydrogens (tertiary/aromatic N) is 1. The summed E-state index contributed by atoms with van der Waals surface area (Å²) in [5, 5.41) is 3.29. The number of piperazine rings is 1. The number of amides is 1. The predicted octanol–water partition coefficient (Wildman–Crippen LogP) is 1.69. The van der Waals surface area contributed by atoms with Gasteiger partial charge in [-0.15, -0.1) is 12.4 Å². The van der Waals surface area contributed by atoms with E-state index in [1.54, 1.807) is 7.11 Å². The monoisotopic (exact) mass is 284 g/mol. The molecule has 0 saturated carbocycles. The van der Waals surface area contributed by atoms with Crippen LogP contribution in [-0.4, -0.2) is 43.6 Å². The molecule has 1 N–H and O–H groups in total. The van der Waals surface area contributed by atoms with Gasteiger partial charge in [-0.3, -0.25) is 4.79 Å². The molecule has 4 nitrogen and oxygen atoms in total. The molecule has 1 saturated heterocycles. The van der Waals surface area contributed by atoms with Gasteiger partial charge in [0.05, 0.1) is 6.61 Å². The van der Waals surface area contributed by atoms with Crippen molar-refractivity contribution in [3.63, 3.8) is 0 Å². The number of rotatable bonds is 3. The molecule has 1 aliphatic heterocycles. The van der Waals surface area contributed by atoms with Crippen LogP contribution in [0.25, 0.3) is 0 Å². The lowest BCUT2D eigenvalue weighted by molar-refractivity contribution is 0.0655. The first-order valence-electron chi connectivity index (χ1n) is 6.32. The van der Waals surface area contributed by atoms with E-state index in [4.69, 9.17) is 4.74 Å². The van der Waals surface area contributed by atoms with Crippen molar-refractivity contribution in [2.45, 2.75) is 19.6 Å². The molecule has 0 radical (unpaired) electrons. The first-order valence-corrected chi connectivity index (χ1v) is 6.32. The Hall–Kier alpha value is -1.10. The maximum atomic E-state index is 12.3. The zero-order valence-electron chi connectivity index (χ0n) is 11.4. The lowest BCUT2D eigenvalue weighted by Crippen LogP contribution is -2.52. The highest BCUT2D eigenvalue weighted by Gasteiger charge is 2.23. The van der Waals surface area contributed by atoms with Crippen molar-refractivity contribution >= 4 is 18.3 Å². The van der Waals surface area contributed by atoms with Crippen molar-refractivity contribution in [2.24, 2.45) is 0 Å². The Kier molecular flexibility index (Phi) is 6.28. The number of benzene rings is 1. The normalized spacial score (nSPS) is 18.8. The lowest BCUT2D eigenvalue weighted by Gasteiger charge is -2.34. The minimum Gasteiger partial charge on any atom is -0.380 e. The molecule has 0 aliphatic carbocycles. The fourth-order valence-electron chi connectivity index (χ4n) is 2.22. The van der Waals surface area contributed by atoms with Gasteiger partial charge in [-0.2, -0.15) is 0 Å². The van der Waals surface area contributed by atoms with Crippen LogP contribution in [0, 0.1) is 0 Å². The van der Waals surface area contributed by atoms with Crippen LogP contribution in [-0.2, 0) is 11.3 Å². The molecule has 2 rings (SSSR count). The second-order valence-electron chi connectivity index (χ2n) is 4.68. The molecule has 0 aromatic heterocycles. The van der Waals surface area contributed by atoms with Gasteiger partial charge in [0.1, 0.15) is 0 Å². The van der Waals surface area contributed by atoms with Crippen LogP contribution < -0.4 is 5.32 Å². The largest absolute Gasteiger partial charge is 0.380 e. The highest BCUT2D eigenvalue weighted by Crippen LogP contribution is 2.12. The van der Waals surface area contributed by atoms with Crippen LogP contribution in [0.1, 0.15) is 22.8 Å². The summed E-state index contributed by atoms with van der Waals surface area (Å²) < 4.78 is 5.06. The minimum atomic E-state index is 0. The van der Waals surface area contributed by atoms with E-state index >= 15 is 0 Å². The highest BCUT2D eigenvalue weighted by molar-refractivity contribution is 5.94. The molecule has 1 aliphatic rings. The Labute approximate surface area is 120 Å². The number of carbonyl (C=O) groups is 1. The average Bonchev–Trinajstić information content (AvgIpc) is 2.40. The van der Waals surface area contributed by atoms with Crippen molar-refractivity contribution in [3.8, 4) is 0 Å². The summed E-state index contributed by atoms with van der Waals surface area (Å²) >= 11 is 0. The van der Waals surface area contributed by atoms with Crippen LogP contribution >= 0.6 is 12.4 Å². The van der Waals surface area contributed by atoms with Crippen molar-refractivity contribution in [1.29, 1.82) is 0 Å². The minimum absolute atomic E-state index is 0. The lowest BCUT2D eigenvalue weighted by atomic mass is 10.1. The van der Waals surface area contributed by atoms with Crippen LogP contribution in [0.15, 0.2) is 24.3 Å². The fourth-order valence-corrected chi connectivity index (χ4v) is 2.22. The Bertz CT molecular complexity index is 408. The fraction of sp³-hybridized carbons (Fsp3) is 0.500. The summed E-state index contributed by atoms with van der Waals surface area (Å²) in [6, 6.07) is 7.91. The summed E-state index contributed by atoms with van der Waals surface area (Å²) in [6.07, 6.45) is 0. The van der Waals surface area contributed by atoms with Gasteiger partial charge in [-0.25, -0.2) is 0 Å². The molecule has 106 valence electrons. The topological polar surface area (TPSA) is 41.6 Å². The van der Waals surface area contributed by atoms with Crippen molar-refractivity contribution in [2.75, 3.05) is 26.7 Å². The average molecular weight is 285 g/mol. The zero-order valence-corrected chi connectivity index (χ0v) is 12.2. The summed E-state index contributed by atoms with van der Waals surface area (Å²) in [5.74, 6) is 0.118. The number of halogens is 1. The molecule has 0 spiro atoms. The summed E-state index contributed by atoms with van der Waals surface area (Å²) in [7, 11) is 1.67. The first-order chi connectivity index (χ1) is 8.72. The van der Waals surface area contributed by atoms with E-state index in [0.29, 0.717) is 6.61 Å². The molecule has 1 atom stereocenters. The van der Waals surface area contributed by atoms with Gasteiger partial charge in [0.2, 0.25) is 0 Å². The van der Waals surface area contributed by atoms with Gasteiger partial charge in [-0.1, -0.05) is 12.1 Å². The Morgan fingerprint density at radius 3 is 2.68 bits per heavy atom. The molecule has 5 heteroatoms. The number of hydrogen-bond donors (Lipinski definition) is 1. The van der Waals surface area contributed by atoms with E-state index in [0.717, 1.165) is 30.8 Å². The number of ether oxygens (including phenoxy) is 1. The molecule has 1 fully saturated rings. The van der Waals surface area contributed by atoms with Crippen molar-refractivity contribution in [3.05, 3.63) is 35.4 Å². The SMILES string of the molecule is COCc1ccc(C(=O)N2CCNC[C@H]2C)cc1.Cl. The number of carbonyl (C=O) groups excluding carboxylic acids is 1. The third-order valence-corrected chi connectivity index (χ3v) is 3.27. The third kappa shape index (κ3) is 3.93. The van der Waals surface area contributed by atoms with Gasteiger partial charge in [0.15, 0.2) is 0 Å². The molecular formula is C14H21ClN2O2. The van der Waals surface area contributed by atoms with Crippen LogP contribution in [0.4, 0.5) is 0 Å². The molecule has 1 aromatic rings. The maximum Gasteiger partial charge on any atom is 0.254 e. The molecule has 19 heavy (non-hydrogen) atoms.